The summed E-state index contributed by atoms with van der Waals surface area (Å²) in [5.41, 5.74) is 1.29. The molecule has 104 valence electrons. The molecule has 1 aliphatic rings. The van der Waals surface area contributed by atoms with Gasteiger partial charge in [-0.1, -0.05) is 0 Å². The smallest absolute Gasteiger partial charge is 0.303 e. The largest absolute Gasteiger partial charge is 0.481 e. The summed E-state index contributed by atoms with van der Waals surface area (Å²) in [4.78, 5) is 29.8. The Hall–Kier alpha value is -2.31. The quantitative estimate of drug-likeness (QED) is 0.895. The lowest BCUT2D eigenvalue weighted by atomic mass is 9.93. The van der Waals surface area contributed by atoms with Gasteiger partial charge < -0.3 is 10.0 Å². The first-order chi connectivity index (χ1) is 9.74. The molecule has 3 rings (SSSR count). The summed E-state index contributed by atoms with van der Waals surface area (Å²) in [6.45, 7) is 1.58. The van der Waals surface area contributed by atoms with Crippen LogP contribution in [0.2, 0.25) is 0 Å². The van der Waals surface area contributed by atoms with E-state index in [0.717, 1.165) is 31.7 Å². The SMILES string of the molecule is O=C(O)CC1CCN(c2ncnc3nccnc23)CC1. The summed E-state index contributed by atoms with van der Waals surface area (Å²) < 4.78 is 0. The van der Waals surface area contributed by atoms with Gasteiger partial charge in [0, 0.05) is 31.9 Å². The van der Waals surface area contributed by atoms with Crippen LogP contribution in [0.5, 0.6) is 0 Å². The Kier molecular flexibility index (Phi) is 3.41. The van der Waals surface area contributed by atoms with E-state index >= 15 is 0 Å². The highest BCUT2D eigenvalue weighted by Gasteiger charge is 2.23. The lowest BCUT2D eigenvalue weighted by Gasteiger charge is -2.32. The molecule has 0 spiro atoms. The van der Waals surface area contributed by atoms with E-state index in [1.165, 1.54) is 6.33 Å². The van der Waals surface area contributed by atoms with Crippen molar-refractivity contribution in [2.45, 2.75) is 19.3 Å². The fraction of sp³-hybridized carbons (Fsp3) is 0.462. The Balaban J connectivity index is 1.78. The van der Waals surface area contributed by atoms with E-state index in [1.54, 1.807) is 12.4 Å². The number of nitrogens with zero attached hydrogens (tertiary/aromatic N) is 5. The summed E-state index contributed by atoms with van der Waals surface area (Å²) in [7, 11) is 0. The number of anilines is 1. The number of hydrogen-bond donors (Lipinski definition) is 1. The summed E-state index contributed by atoms with van der Waals surface area (Å²) in [6.07, 6.45) is 6.70. The summed E-state index contributed by atoms with van der Waals surface area (Å²) >= 11 is 0. The van der Waals surface area contributed by atoms with E-state index in [2.05, 4.69) is 24.8 Å². The summed E-state index contributed by atoms with van der Waals surface area (Å²) in [5, 5.41) is 8.84. The number of aromatic nitrogens is 4. The third-order valence-electron chi connectivity index (χ3n) is 3.63. The van der Waals surface area contributed by atoms with Gasteiger partial charge >= 0.3 is 5.97 Å². The lowest BCUT2D eigenvalue weighted by Crippen LogP contribution is -2.35. The highest BCUT2D eigenvalue weighted by Crippen LogP contribution is 2.26. The summed E-state index contributed by atoms with van der Waals surface area (Å²) in [6, 6.07) is 0. The predicted octanol–water partition coefficient (Wildman–Crippen LogP) is 1.11. The van der Waals surface area contributed by atoms with Crippen LogP contribution >= 0.6 is 0 Å². The molecule has 0 unspecified atom stereocenters. The van der Waals surface area contributed by atoms with Crippen molar-refractivity contribution in [3.63, 3.8) is 0 Å². The molecule has 3 heterocycles. The highest BCUT2D eigenvalue weighted by atomic mass is 16.4. The highest BCUT2D eigenvalue weighted by molar-refractivity contribution is 5.82. The van der Waals surface area contributed by atoms with Crippen molar-refractivity contribution in [3.05, 3.63) is 18.7 Å². The number of rotatable bonds is 3. The van der Waals surface area contributed by atoms with E-state index in [9.17, 15) is 4.79 Å². The molecular weight excluding hydrogens is 258 g/mol. The summed E-state index contributed by atoms with van der Waals surface area (Å²) in [5.74, 6) is 0.321. The molecule has 0 saturated carbocycles. The first-order valence-electron chi connectivity index (χ1n) is 6.62. The van der Waals surface area contributed by atoms with Crippen molar-refractivity contribution in [2.75, 3.05) is 18.0 Å². The molecule has 7 nitrogen and oxygen atoms in total. The first kappa shape index (κ1) is 12.7. The molecule has 2 aromatic rings. The van der Waals surface area contributed by atoms with E-state index in [1.807, 2.05) is 0 Å². The van der Waals surface area contributed by atoms with E-state index in [4.69, 9.17) is 5.11 Å². The number of fused-ring (bicyclic) bond motifs is 1. The fourth-order valence-electron chi connectivity index (χ4n) is 2.61. The topological polar surface area (TPSA) is 92.1 Å². The van der Waals surface area contributed by atoms with Crippen molar-refractivity contribution in [1.82, 2.24) is 19.9 Å². The van der Waals surface area contributed by atoms with Crippen LogP contribution in [0.15, 0.2) is 18.7 Å². The Bertz CT molecular complexity index is 620. The second-order valence-electron chi connectivity index (χ2n) is 4.95. The average molecular weight is 273 g/mol. The molecule has 2 aromatic heterocycles. The van der Waals surface area contributed by atoms with Gasteiger partial charge in [0.1, 0.15) is 6.33 Å². The molecule has 0 bridgehead atoms. The average Bonchev–Trinajstić information content (AvgIpc) is 2.47. The molecule has 0 radical (unpaired) electrons. The minimum Gasteiger partial charge on any atom is -0.481 e. The van der Waals surface area contributed by atoms with Crippen LogP contribution in [0.4, 0.5) is 5.82 Å². The van der Waals surface area contributed by atoms with Crippen LogP contribution in [0, 0.1) is 5.92 Å². The number of piperidine rings is 1. The van der Waals surface area contributed by atoms with Crippen molar-refractivity contribution in [2.24, 2.45) is 5.92 Å². The normalized spacial score (nSPS) is 16.5. The number of carboxylic acid groups (broad SMARTS) is 1. The third kappa shape index (κ3) is 2.52. The third-order valence-corrected chi connectivity index (χ3v) is 3.63. The van der Waals surface area contributed by atoms with Gasteiger partial charge in [-0.05, 0) is 18.8 Å². The van der Waals surface area contributed by atoms with Gasteiger partial charge in [0.05, 0.1) is 0 Å². The molecule has 1 aliphatic heterocycles. The van der Waals surface area contributed by atoms with Crippen molar-refractivity contribution >= 4 is 23.0 Å². The van der Waals surface area contributed by atoms with Crippen LogP contribution < -0.4 is 4.90 Å². The van der Waals surface area contributed by atoms with Crippen LogP contribution in [0.25, 0.3) is 11.2 Å². The van der Waals surface area contributed by atoms with Crippen molar-refractivity contribution in [1.29, 1.82) is 0 Å². The van der Waals surface area contributed by atoms with E-state index < -0.39 is 5.97 Å². The van der Waals surface area contributed by atoms with Crippen LogP contribution in [0.3, 0.4) is 0 Å². The van der Waals surface area contributed by atoms with Gasteiger partial charge in [0.25, 0.3) is 0 Å². The fourth-order valence-corrected chi connectivity index (χ4v) is 2.61. The van der Waals surface area contributed by atoms with Crippen LogP contribution in [-0.4, -0.2) is 44.1 Å². The zero-order valence-electron chi connectivity index (χ0n) is 10.9. The Labute approximate surface area is 115 Å². The molecule has 1 saturated heterocycles. The van der Waals surface area contributed by atoms with Gasteiger partial charge in [0.15, 0.2) is 17.0 Å². The molecule has 7 heteroatoms. The van der Waals surface area contributed by atoms with Gasteiger partial charge in [-0.3, -0.25) is 4.79 Å². The standard InChI is InChI=1S/C13H15N5O2/c19-10(20)7-9-1-5-18(6-2-9)13-11-12(16-8-17-13)15-4-3-14-11/h3-4,8-9H,1-2,5-7H2,(H,19,20). The molecule has 0 amide bonds. The zero-order chi connectivity index (χ0) is 13.9. The van der Waals surface area contributed by atoms with Crippen LogP contribution in [-0.2, 0) is 4.79 Å². The number of hydrogen-bond acceptors (Lipinski definition) is 6. The molecule has 0 aromatic carbocycles. The zero-order valence-corrected chi connectivity index (χ0v) is 10.9. The predicted molar refractivity (Wildman–Crippen MR) is 72.3 cm³/mol. The second kappa shape index (κ2) is 5.36. The maximum absolute atomic E-state index is 10.7. The number of carboxylic acids is 1. The Morgan fingerprint density at radius 3 is 2.70 bits per heavy atom. The maximum Gasteiger partial charge on any atom is 0.303 e. The minimum atomic E-state index is -0.721. The molecule has 1 fully saturated rings. The monoisotopic (exact) mass is 273 g/mol. The number of aliphatic carboxylic acids is 1. The first-order valence-corrected chi connectivity index (χ1v) is 6.62. The Morgan fingerprint density at radius 1 is 1.20 bits per heavy atom. The molecule has 1 N–H and O–H groups in total. The molecular formula is C13H15N5O2. The van der Waals surface area contributed by atoms with Crippen LogP contribution in [0.1, 0.15) is 19.3 Å². The lowest BCUT2D eigenvalue weighted by molar-refractivity contribution is -0.138. The van der Waals surface area contributed by atoms with Gasteiger partial charge in [-0.15, -0.1) is 0 Å². The molecule has 0 aliphatic carbocycles. The van der Waals surface area contributed by atoms with Crippen molar-refractivity contribution < 1.29 is 9.90 Å². The second-order valence-corrected chi connectivity index (χ2v) is 4.95. The van der Waals surface area contributed by atoms with Gasteiger partial charge in [-0.2, -0.15) is 0 Å². The maximum atomic E-state index is 10.7. The number of carbonyl (C=O) groups is 1. The van der Waals surface area contributed by atoms with Gasteiger partial charge in [-0.25, -0.2) is 19.9 Å². The van der Waals surface area contributed by atoms with E-state index in [-0.39, 0.29) is 12.3 Å². The van der Waals surface area contributed by atoms with Gasteiger partial charge in [0.2, 0.25) is 0 Å². The van der Waals surface area contributed by atoms with E-state index in [0.29, 0.717) is 11.2 Å². The minimum absolute atomic E-state index is 0.248. The Morgan fingerprint density at radius 2 is 1.95 bits per heavy atom. The van der Waals surface area contributed by atoms with Crippen molar-refractivity contribution in [3.8, 4) is 0 Å². The molecule has 20 heavy (non-hydrogen) atoms. The molecule has 0 atom stereocenters.